The highest BCUT2D eigenvalue weighted by atomic mass is 32.2. The van der Waals surface area contributed by atoms with Crippen LogP contribution in [-0.4, -0.2) is 55.5 Å². The SMILES string of the molecule is CS(=O)(=O)CCCN(CCC(=O)O)C1CC1. The molecule has 0 saturated heterocycles. The standard InChI is InChI=1S/C10H19NO4S/c1-16(14,15)8-2-6-11(9-3-4-9)7-5-10(12)13/h9H,2-8H2,1H3,(H,12,13). The number of carbonyl (C=O) groups is 1. The minimum atomic E-state index is -2.90. The van der Waals surface area contributed by atoms with Crippen LogP contribution in [0.25, 0.3) is 0 Å². The van der Waals surface area contributed by atoms with E-state index in [4.69, 9.17) is 5.11 Å². The lowest BCUT2D eigenvalue weighted by Gasteiger charge is -2.20. The zero-order chi connectivity index (χ0) is 12.2. The molecule has 0 aromatic heterocycles. The van der Waals surface area contributed by atoms with Crippen molar-refractivity contribution in [2.45, 2.75) is 31.7 Å². The largest absolute Gasteiger partial charge is 0.481 e. The van der Waals surface area contributed by atoms with Crippen molar-refractivity contribution in [3.05, 3.63) is 0 Å². The smallest absolute Gasteiger partial charge is 0.304 e. The number of carboxylic acid groups (broad SMARTS) is 1. The first kappa shape index (κ1) is 13.4. The summed E-state index contributed by atoms with van der Waals surface area (Å²) in [6.45, 7) is 1.22. The van der Waals surface area contributed by atoms with E-state index in [2.05, 4.69) is 4.90 Å². The van der Waals surface area contributed by atoms with E-state index in [0.29, 0.717) is 25.6 Å². The second-order valence-corrected chi connectivity index (χ2v) is 6.65. The van der Waals surface area contributed by atoms with Gasteiger partial charge in [0, 0.05) is 18.8 Å². The molecule has 0 spiro atoms. The first-order valence-electron chi connectivity index (χ1n) is 5.52. The first-order chi connectivity index (χ1) is 7.38. The Kier molecular flexibility index (Phi) is 4.73. The Labute approximate surface area is 96.4 Å². The average Bonchev–Trinajstić information content (AvgIpc) is 2.91. The van der Waals surface area contributed by atoms with Crippen LogP contribution in [0, 0.1) is 0 Å². The van der Waals surface area contributed by atoms with E-state index in [0.717, 1.165) is 12.8 Å². The van der Waals surface area contributed by atoms with Crippen LogP contribution in [0.3, 0.4) is 0 Å². The molecule has 0 heterocycles. The summed E-state index contributed by atoms with van der Waals surface area (Å²) in [6, 6.07) is 0.485. The highest BCUT2D eigenvalue weighted by Crippen LogP contribution is 2.26. The number of sulfone groups is 1. The van der Waals surface area contributed by atoms with Gasteiger partial charge in [0.05, 0.1) is 12.2 Å². The summed E-state index contributed by atoms with van der Waals surface area (Å²) in [5.41, 5.74) is 0. The van der Waals surface area contributed by atoms with Crippen LogP contribution in [0.15, 0.2) is 0 Å². The van der Waals surface area contributed by atoms with Gasteiger partial charge in [-0.3, -0.25) is 9.69 Å². The average molecular weight is 249 g/mol. The van der Waals surface area contributed by atoms with Crippen LogP contribution in [0.4, 0.5) is 0 Å². The van der Waals surface area contributed by atoms with Crippen LogP contribution in [0.5, 0.6) is 0 Å². The molecule has 1 saturated carbocycles. The van der Waals surface area contributed by atoms with Gasteiger partial charge in [0.1, 0.15) is 9.84 Å². The van der Waals surface area contributed by atoms with Gasteiger partial charge < -0.3 is 5.11 Å². The molecule has 0 amide bonds. The van der Waals surface area contributed by atoms with Gasteiger partial charge in [-0.25, -0.2) is 8.42 Å². The van der Waals surface area contributed by atoms with Crippen molar-refractivity contribution in [3.63, 3.8) is 0 Å². The van der Waals surface area contributed by atoms with Gasteiger partial charge in [-0.15, -0.1) is 0 Å². The maximum atomic E-state index is 11.0. The number of aliphatic carboxylic acids is 1. The third-order valence-corrected chi connectivity index (χ3v) is 3.67. The van der Waals surface area contributed by atoms with Crippen molar-refractivity contribution >= 4 is 15.8 Å². The van der Waals surface area contributed by atoms with Crippen LogP contribution >= 0.6 is 0 Å². The van der Waals surface area contributed by atoms with Crippen molar-refractivity contribution in [3.8, 4) is 0 Å². The summed E-state index contributed by atoms with van der Waals surface area (Å²) in [7, 11) is -2.90. The first-order valence-corrected chi connectivity index (χ1v) is 7.58. The van der Waals surface area contributed by atoms with E-state index < -0.39 is 15.8 Å². The quantitative estimate of drug-likeness (QED) is 0.672. The minimum absolute atomic E-state index is 0.134. The van der Waals surface area contributed by atoms with E-state index >= 15 is 0 Å². The van der Waals surface area contributed by atoms with E-state index in [1.807, 2.05) is 0 Å². The van der Waals surface area contributed by atoms with Gasteiger partial charge >= 0.3 is 5.97 Å². The molecule has 1 aliphatic carbocycles. The molecule has 16 heavy (non-hydrogen) atoms. The molecule has 6 heteroatoms. The van der Waals surface area contributed by atoms with E-state index in [9.17, 15) is 13.2 Å². The number of rotatable bonds is 8. The zero-order valence-electron chi connectivity index (χ0n) is 9.55. The van der Waals surface area contributed by atoms with E-state index in [-0.39, 0.29) is 12.2 Å². The Hall–Kier alpha value is -0.620. The monoisotopic (exact) mass is 249 g/mol. The molecule has 0 radical (unpaired) electrons. The Morgan fingerprint density at radius 3 is 2.44 bits per heavy atom. The second-order valence-electron chi connectivity index (χ2n) is 4.39. The predicted molar refractivity (Wildman–Crippen MR) is 61.2 cm³/mol. The highest BCUT2D eigenvalue weighted by Gasteiger charge is 2.28. The van der Waals surface area contributed by atoms with Gasteiger partial charge in [-0.05, 0) is 25.8 Å². The molecular weight excluding hydrogens is 230 g/mol. The molecular formula is C10H19NO4S. The van der Waals surface area contributed by atoms with Crippen LogP contribution in [0.1, 0.15) is 25.7 Å². The summed E-state index contributed by atoms with van der Waals surface area (Å²) in [6.07, 6.45) is 4.17. The Balaban J connectivity index is 2.25. The third kappa shape index (κ3) is 6.07. The normalized spacial score (nSPS) is 16.6. The summed E-state index contributed by atoms with van der Waals surface area (Å²) >= 11 is 0. The fourth-order valence-corrected chi connectivity index (χ4v) is 2.34. The molecule has 0 aromatic carbocycles. The van der Waals surface area contributed by atoms with Gasteiger partial charge in [-0.2, -0.15) is 0 Å². The summed E-state index contributed by atoms with van der Waals surface area (Å²) < 4.78 is 21.9. The topological polar surface area (TPSA) is 74.7 Å². The lowest BCUT2D eigenvalue weighted by molar-refractivity contribution is -0.137. The number of hydrogen-bond donors (Lipinski definition) is 1. The molecule has 1 N–H and O–H groups in total. The number of nitrogens with zero attached hydrogens (tertiary/aromatic N) is 1. The lowest BCUT2D eigenvalue weighted by Crippen LogP contribution is -2.30. The highest BCUT2D eigenvalue weighted by molar-refractivity contribution is 7.90. The Morgan fingerprint density at radius 2 is 2.00 bits per heavy atom. The molecule has 94 valence electrons. The van der Waals surface area contributed by atoms with Crippen molar-refractivity contribution in [2.24, 2.45) is 0 Å². The number of carboxylic acids is 1. The van der Waals surface area contributed by atoms with Gasteiger partial charge in [0.25, 0.3) is 0 Å². The summed E-state index contributed by atoms with van der Waals surface area (Å²) in [5.74, 6) is -0.614. The maximum Gasteiger partial charge on any atom is 0.304 e. The summed E-state index contributed by atoms with van der Waals surface area (Å²) in [4.78, 5) is 12.6. The molecule has 0 aromatic rings. The van der Waals surface area contributed by atoms with Crippen molar-refractivity contribution < 1.29 is 18.3 Å². The van der Waals surface area contributed by atoms with Gasteiger partial charge in [-0.1, -0.05) is 0 Å². The molecule has 1 fully saturated rings. The predicted octanol–water partition coefficient (Wildman–Crippen LogP) is 0.360. The lowest BCUT2D eigenvalue weighted by atomic mass is 10.3. The van der Waals surface area contributed by atoms with Crippen molar-refractivity contribution in [1.82, 2.24) is 4.90 Å². The van der Waals surface area contributed by atoms with E-state index in [1.54, 1.807) is 0 Å². The molecule has 0 atom stereocenters. The maximum absolute atomic E-state index is 11.0. The molecule has 0 bridgehead atoms. The Morgan fingerprint density at radius 1 is 1.38 bits per heavy atom. The van der Waals surface area contributed by atoms with Crippen LogP contribution in [-0.2, 0) is 14.6 Å². The van der Waals surface area contributed by atoms with Gasteiger partial charge in [0.15, 0.2) is 0 Å². The van der Waals surface area contributed by atoms with Crippen molar-refractivity contribution in [1.29, 1.82) is 0 Å². The van der Waals surface area contributed by atoms with E-state index in [1.165, 1.54) is 6.26 Å². The summed E-state index contributed by atoms with van der Waals surface area (Å²) in [5, 5.41) is 8.60. The minimum Gasteiger partial charge on any atom is -0.481 e. The molecule has 0 aliphatic heterocycles. The van der Waals surface area contributed by atoms with Crippen LogP contribution in [0.2, 0.25) is 0 Å². The third-order valence-electron chi connectivity index (χ3n) is 2.64. The van der Waals surface area contributed by atoms with Gasteiger partial charge in [0.2, 0.25) is 0 Å². The second kappa shape index (κ2) is 5.63. The number of hydrogen-bond acceptors (Lipinski definition) is 4. The fourth-order valence-electron chi connectivity index (χ4n) is 1.69. The van der Waals surface area contributed by atoms with Crippen molar-refractivity contribution in [2.75, 3.05) is 25.1 Å². The molecule has 1 rings (SSSR count). The molecule has 1 aliphatic rings. The molecule has 5 nitrogen and oxygen atoms in total. The Bertz CT molecular complexity index is 335. The van der Waals surface area contributed by atoms with Crippen LogP contribution < -0.4 is 0 Å². The fraction of sp³-hybridized carbons (Fsp3) is 0.900. The zero-order valence-corrected chi connectivity index (χ0v) is 10.4. The molecule has 0 unspecified atom stereocenters.